The summed E-state index contributed by atoms with van der Waals surface area (Å²) in [7, 11) is 2.99. The van der Waals surface area contributed by atoms with E-state index in [0.29, 0.717) is 17.1 Å². The SMILES string of the molecule is COc1ccc([C@@](C)([NH3+])C(=O)[O-])c(OC)c1. The predicted molar refractivity (Wildman–Crippen MR) is 54.8 cm³/mol. The Kier molecular flexibility index (Phi) is 3.39. The number of ether oxygens (including phenoxy) is 2. The summed E-state index contributed by atoms with van der Waals surface area (Å²) < 4.78 is 10.1. The third-order valence-corrected chi connectivity index (χ3v) is 2.45. The lowest BCUT2D eigenvalue weighted by Crippen LogP contribution is -2.75. The first-order chi connectivity index (χ1) is 7.43. The van der Waals surface area contributed by atoms with Crippen LogP contribution in [0.3, 0.4) is 0 Å². The van der Waals surface area contributed by atoms with E-state index in [1.807, 2.05) is 0 Å². The molecule has 88 valence electrons. The lowest BCUT2D eigenvalue weighted by Gasteiger charge is -2.24. The fourth-order valence-electron chi connectivity index (χ4n) is 1.36. The smallest absolute Gasteiger partial charge is 0.161 e. The largest absolute Gasteiger partial charge is 0.543 e. The molecular weight excluding hydrogens is 210 g/mol. The number of benzene rings is 1. The van der Waals surface area contributed by atoms with Crippen molar-refractivity contribution in [1.82, 2.24) is 0 Å². The van der Waals surface area contributed by atoms with Crippen molar-refractivity contribution in [2.75, 3.05) is 14.2 Å². The Balaban J connectivity index is 3.28. The van der Waals surface area contributed by atoms with Crippen molar-refractivity contribution >= 4 is 5.97 Å². The second-order valence-electron chi connectivity index (χ2n) is 3.69. The minimum Gasteiger partial charge on any atom is -0.543 e. The Bertz CT molecular complexity index is 401. The lowest BCUT2D eigenvalue weighted by molar-refractivity contribution is -0.489. The number of carboxylic acid groups (broad SMARTS) is 1. The van der Waals surface area contributed by atoms with Gasteiger partial charge in [-0.25, -0.2) is 0 Å². The average Bonchev–Trinajstić information content (AvgIpc) is 2.27. The van der Waals surface area contributed by atoms with E-state index in [-0.39, 0.29) is 0 Å². The van der Waals surface area contributed by atoms with Crippen LogP contribution in [0.1, 0.15) is 12.5 Å². The van der Waals surface area contributed by atoms with Gasteiger partial charge in [0, 0.05) is 13.0 Å². The van der Waals surface area contributed by atoms with Crippen LogP contribution in [0.25, 0.3) is 0 Å². The van der Waals surface area contributed by atoms with E-state index in [1.165, 1.54) is 21.1 Å². The first kappa shape index (κ1) is 12.3. The fourth-order valence-corrected chi connectivity index (χ4v) is 1.36. The third-order valence-electron chi connectivity index (χ3n) is 2.45. The first-order valence-corrected chi connectivity index (χ1v) is 4.72. The highest BCUT2D eigenvalue weighted by Gasteiger charge is 2.31. The van der Waals surface area contributed by atoms with Crippen molar-refractivity contribution < 1.29 is 25.1 Å². The first-order valence-electron chi connectivity index (χ1n) is 4.72. The van der Waals surface area contributed by atoms with Crippen LogP contribution in [0, 0.1) is 0 Å². The minimum absolute atomic E-state index is 0.418. The summed E-state index contributed by atoms with van der Waals surface area (Å²) in [6.45, 7) is 1.46. The zero-order valence-corrected chi connectivity index (χ0v) is 9.57. The molecule has 0 saturated carbocycles. The molecule has 1 atom stereocenters. The molecule has 0 unspecified atom stereocenters. The molecule has 1 aromatic carbocycles. The third kappa shape index (κ3) is 2.09. The van der Waals surface area contributed by atoms with Gasteiger partial charge in [0.05, 0.1) is 19.8 Å². The summed E-state index contributed by atoms with van der Waals surface area (Å²) in [5, 5.41) is 11.0. The number of carbonyl (C=O) groups is 1. The maximum atomic E-state index is 11.0. The Hall–Kier alpha value is -1.75. The van der Waals surface area contributed by atoms with Crippen LogP contribution in [0.2, 0.25) is 0 Å². The van der Waals surface area contributed by atoms with Gasteiger partial charge in [-0.3, -0.25) is 0 Å². The molecular formula is C11H15NO4. The van der Waals surface area contributed by atoms with Crippen LogP contribution in [0.5, 0.6) is 11.5 Å². The Labute approximate surface area is 93.8 Å². The van der Waals surface area contributed by atoms with Crippen LogP contribution >= 0.6 is 0 Å². The van der Waals surface area contributed by atoms with Crippen molar-refractivity contribution in [2.45, 2.75) is 12.5 Å². The molecule has 16 heavy (non-hydrogen) atoms. The molecule has 0 aliphatic rings. The highest BCUT2D eigenvalue weighted by atomic mass is 16.5. The van der Waals surface area contributed by atoms with Gasteiger partial charge in [0.1, 0.15) is 17.5 Å². The standard InChI is InChI=1S/C11H15NO4/c1-11(12,10(13)14)8-5-4-7(15-2)6-9(8)16-3/h4-6H,12H2,1-3H3,(H,13,14)/t11-/m1/s1. The Morgan fingerprint density at radius 1 is 1.38 bits per heavy atom. The number of carboxylic acids is 1. The second-order valence-corrected chi connectivity index (χ2v) is 3.69. The Morgan fingerprint density at radius 2 is 2.00 bits per heavy atom. The normalized spacial score (nSPS) is 14.0. The second kappa shape index (κ2) is 4.40. The molecule has 0 radical (unpaired) electrons. The molecule has 0 aromatic heterocycles. The maximum absolute atomic E-state index is 11.0. The van der Waals surface area contributed by atoms with Gasteiger partial charge in [-0.15, -0.1) is 0 Å². The van der Waals surface area contributed by atoms with Crippen molar-refractivity contribution in [3.8, 4) is 11.5 Å². The molecule has 5 nitrogen and oxygen atoms in total. The number of rotatable bonds is 4. The summed E-state index contributed by atoms with van der Waals surface area (Å²) >= 11 is 0. The van der Waals surface area contributed by atoms with E-state index in [0.717, 1.165) is 0 Å². The van der Waals surface area contributed by atoms with E-state index in [1.54, 1.807) is 18.2 Å². The molecule has 0 amide bonds. The van der Waals surface area contributed by atoms with Gasteiger partial charge in [-0.2, -0.15) is 0 Å². The van der Waals surface area contributed by atoms with E-state index in [9.17, 15) is 9.90 Å². The van der Waals surface area contributed by atoms with Gasteiger partial charge < -0.3 is 25.1 Å². The molecule has 0 aliphatic carbocycles. The number of hydrogen-bond donors (Lipinski definition) is 1. The summed E-state index contributed by atoms with van der Waals surface area (Å²) in [6, 6.07) is 4.88. The van der Waals surface area contributed by atoms with Crippen molar-refractivity contribution in [1.29, 1.82) is 0 Å². The quantitative estimate of drug-likeness (QED) is 0.705. The van der Waals surface area contributed by atoms with Gasteiger partial charge in [-0.05, 0) is 12.1 Å². The minimum atomic E-state index is -1.35. The van der Waals surface area contributed by atoms with Gasteiger partial charge in [0.25, 0.3) is 0 Å². The molecule has 0 fully saturated rings. The van der Waals surface area contributed by atoms with Crippen molar-refractivity contribution in [3.63, 3.8) is 0 Å². The molecule has 0 aliphatic heterocycles. The lowest BCUT2D eigenvalue weighted by atomic mass is 9.92. The van der Waals surface area contributed by atoms with Gasteiger partial charge in [0.2, 0.25) is 0 Å². The molecule has 0 bridgehead atoms. The van der Waals surface area contributed by atoms with E-state index >= 15 is 0 Å². The highest BCUT2D eigenvalue weighted by Crippen LogP contribution is 2.30. The van der Waals surface area contributed by atoms with Crippen LogP contribution in [0.15, 0.2) is 18.2 Å². The van der Waals surface area contributed by atoms with Crippen LogP contribution in [-0.2, 0) is 10.3 Å². The Morgan fingerprint density at radius 3 is 2.44 bits per heavy atom. The van der Waals surface area contributed by atoms with Gasteiger partial charge in [0.15, 0.2) is 5.54 Å². The number of methoxy groups -OCH3 is 2. The van der Waals surface area contributed by atoms with Crippen molar-refractivity contribution in [2.24, 2.45) is 0 Å². The number of aliphatic carboxylic acids is 1. The monoisotopic (exact) mass is 225 g/mol. The van der Waals surface area contributed by atoms with Gasteiger partial charge >= 0.3 is 0 Å². The van der Waals surface area contributed by atoms with E-state index in [4.69, 9.17) is 9.47 Å². The summed E-state index contributed by atoms with van der Waals surface area (Å²) in [5.74, 6) is -0.244. The topological polar surface area (TPSA) is 86.2 Å². The van der Waals surface area contributed by atoms with Gasteiger partial charge in [-0.1, -0.05) is 0 Å². The molecule has 3 N–H and O–H groups in total. The maximum Gasteiger partial charge on any atom is 0.161 e. The van der Waals surface area contributed by atoms with E-state index < -0.39 is 11.5 Å². The van der Waals surface area contributed by atoms with Crippen LogP contribution < -0.4 is 20.3 Å². The summed E-state index contributed by atoms with van der Waals surface area (Å²) in [4.78, 5) is 11.0. The zero-order valence-electron chi connectivity index (χ0n) is 9.57. The highest BCUT2D eigenvalue weighted by molar-refractivity contribution is 5.77. The molecule has 0 heterocycles. The number of carbonyl (C=O) groups excluding carboxylic acids is 1. The molecule has 5 heteroatoms. The van der Waals surface area contributed by atoms with Crippen LogP contribution in [0.4, 0.5) is 0 Å². The molecule has 0 saturated heterocycles. The molecule has 1 rings (SSSR count). The van der Waals surface area contributed by atoms with Crippen LogP contribution in [-0.4, -0.2) is 20.2 Å². The molecule has 1 aromatic rings. The average molecular weight is 225 g/mol. The summed E-state index contributed by atoms with van der Waals surface area (Å²) in [5.41, 5.74) is 2.73. The van der Waals surface area contributed by atoms with Crippen molar-refractivity contribution in [3.05, 3.63) is 23.8 Å². The van der Waals surface area contributed by atoms with E-state index in [2.05, 4.69) is 5.73 Å². The summed E-state index contributed by atoms with van der Waals surface area (Å²) in [6.07, 6.45) is 0. The number of quaternary nitrogens is 1. The molecule has 0 spiro atoms. The zero-order chi connectivity index (χ0) is 12.3. The number of hydrogen-bond acceptors (Lipinski definition) is 4. The predicted octanol–water partition coefficient (Wildman–Crippen LogP) is -1.09. The fraction of sp³-hybridized carbons (Fsp3) is 0.364.